The molecule has 2 fully saturated rings. The average Bonchev–Trinajstić information content (AvgIpc) is 3.07. The van der Waals surface area contributed by atoms with Gasteiger partial charge in [0, 0.05) is 0 Å². The lowest BCUT2D eigenvalue weighted by atomic mass is 9.68. The molecule has 3 rings (SSSR count). The van der Waals surface area contributed by atoms with Crippen molar-refractivity contribution in [1.82, 2.24) is 0 Å². The molecule has 122 valence electrons. The summed E-state index contributed by atoms with van der Waals surface area (Å²) in [5.74, 6) is 0.0109. The third-order valence-electron chi connectivity index (χ3n) is 5.91. The normalized spacial score (nSPS) is 27.8. The second-order valence-corrected chi connectivity index (χ2v) is 7.21. The summed E-state index contributed by atoms with van der Waals surface area (Å²) in [5, 5.41) is 2.95. The van der Waals surface area contributed by atoms with Gasteiger partial charge in [0.05, 0.1) is 23.8 Å². The molecule has 1 aromatic carbocycles. The van der Waals surface area contributed by atoms with Gasteiger partial charge in [-0.3, -0.25) is 4.79 Å². The highest BCUT2D eigenvalue weighted by molar-refractivity contribution is 6.04. The highest BCUT2D eigenvalue weighted by atomic mass is 16.5. The van der Waals surface area contributed by atoms with E-state index in [-0.39, 0.29) is 11.3 Å². The van der Waals surface area contributed by atoms with E-state index in [1.807, 2.05) is 0 Å². The van der Waals surface area contributed by atoms with Crippen molar-refractivity contribution in [2.45, 2.75) is 33.1 Å². The summed E-state index contributed by atoms with van der Waals surface area (Å²) < 4.78 is 4.79. The van der Waals surface area contributed by atoms with Gasteiger partial charge in [-0.25, -0.2) is 4.79 Å². The Labute approximate surface area is 136 Å². The molecule has 1 N–H and O–H groups in total. The van der Waals surface area contributed by atoms with Gasteiger partial charge < -0.3 is 10.1 Å². The van der Waals surface area contributed by atoms with Crippen LogP contribution in [0.1, 0.15) is 43.5 Å². The van der Waals surface area contributed by atoms with E-state index in [1.165, 1.54) is 7.11 Å². The summed E-state index contributed by atoms with van der Waals surface area (Å²) in [6.45, 7) is 8.60. The summed E-state index contributed by atoms with van der Waals surface area (Å²) in [6, 6.07) is 6.94. The molecule has 0 aliphatic heterocycles. The van der Waals surface area contributed by atoms with Gasteiger partial charge >= 0.3 is 5.97 Å². The summed E-state index contributed by atoms with van der Waals surface area (Å²) >= 11 is 0. The van der Waals surface area contributed by atoms with Crippen molar-refractivity contribution in [3.05, 3.63) is 42.0 Å². The fourth-order valence-electron chi connectivity index (χ4n) is 4.26. The van der Waals surface area contributed by atoms with Crippen molar-refractivity contribution in [3.8, 4) is 0 Å². The van der Waals surface area contributed by atoms with E-state index in [2.05, 4.69) is 25.7 Å². The van der Waals surface area contributed by atoms with Crippen LogP contribution in [-0.4, -0.2) is 19.0 Å². The zero-order valence-corrected chi connectivity index (χ0v) is 13.9. The number of nitrogens with one attached hydrogen (secondary N) is 1. The van der Waals surface area contributed by atoms with Crippen LogP contribution >= 0.6 is 0 Å². The van der Waals surface area contributed by atoms with Crippen LogP contribution in [0.4, 0.5) is 5.69 Å². The number of carbonyl (C=O) groups is 2. The Hall–Kier alpha value is -2.10. The second-order valence-electron chi connectivity index (χ2n) is 7.21. The number of ether oxygens (including phenoxy) is 1. The maximum atomic E-state index is 13.0. The third-order valence-corrected chi connectivity index (χ3v) is 5.91. The summed E-state index contributed by atoms with van der Waals surface area (Å²) in [4.78, 5) is 24.9. The molecule has 0 heterocycles. The molecule has 23 heavy (non-hydrogen) atoms. The Kier molecular flexibility index (Phi) is 3.58. The Morgan fingerprint density at radius 1 is 1.30 bits per heavy atom. The molecular weight excluding hydrogens is 290 g/mol. The molecule has 0 spiro atoms. The standard InChI is InChI=1S/C19H23NO3/c1-12-18(2,3)13-9-10-19(12,11-13)17(22)20-15-8-6-5-7-14(15)16(21)23-4/h5-8,13H,1,9-11H2,2-4H3,(H,20,22)/t13-,19-/m1/s1. The molecule has 2 atom stereocenters. The molecule has 0 unspecified atom stereocenters. The van der Waals surface area contributed by atoms with Gasteiger partial charge in [0.2, 0.25) is 5.91 Å². The van der Waals surface area contributed by atoms with Crippen LogP contribution < -0.4 is 5.32 Å². The average molecular weight is 313 g/mol. The molecule has 4 nitrogen and oxygen atoms in total. The number of methoxy groups -OCH3 is 1. The van der Waals surface area contributed by atoms with Crippen molar-refractivity contribution in [2.75, 3.05) is 12.4 Å². The van der Waals surface area contributed by atoms with E-state index in [4.69, 9.17) is 4.74 Å². The molecule has 0 saturated heterocycles. The monoisotopic (exact) mass is 313 g/mol. The summed E-state index contributed by atoms with van der Waals surface area (Å²) in [6.07, 6.45) is 2.75. The van der Waals surface area contributed by atoms with Gasteiger partial charge in [0.25, 0.3) is 0 Å². The van der Waals surface area contributed by atoms with Crippen LogP contribution in [0.2, 0.25) is 0 Å². The van der Waals surface area contributed by atoms with Crippen LogP contribution in [-0.2, 0) is 9.53 Å². The highest BCUT2D eigenvalue weighted by Gasteiger charge is 2.60. The van der Waals surface area contributed by atoms with Crippen molar-refractivity contribution < 1.29 is 14.3 Å². The molecule has 2 bridgehead atoms. The molecule has 4 heteroatoms. The molecule has 2 saturated carbocycles. The summed E-state index contributed by atoms with van der Waals surface area (Å²) in [7, 11) is 1.34. The third kappa shape index (κ3) is 2.19. The fourth-order valence-corrected chi connectivity index (χ4v) is 4.26. The van der Waals surface area contributed by atoms with Gasteiger partial charge in [0.15, 0.2) is 0 Å². The van der Waals surface area contributed by atoms with Crippen LogP contribution in [0, 0.1) is 16.7 Å². The maximum absolute atomic E-state index is 13.0. The van der Waals surface area contributed by atoms with Crippen LogP contribution in [0.25, 0.3) is 0 Å². The van der Waals surface area contributed by atoms with Gasteiger partial charge in [0.1, 0.15) is 0 Å². The smallest absolute Gasteiger partial charge is 0.339 e. The van der Waals surface area contributed by atoms with Crippen LogP contribution in [0.15, 0.2) is 36.4 Å². The zero-order chi connectivity index (χ0) is 16.8. The maximum Gasteiger partial charge on any atom is 0.339 e. The number of benzene rings is 1. The predicted molar refractivity (Wildman–Crippen MR) is 89.1 cm³/mol. The number of fused-ring (bicyclic) bond motifs is 2. The van der Waals surface area contributed by atoms with E-state index in [9.17, 15) is 9.59 Å². The van der Waals surface area contributed by atoms with E-state index in [0.717, 1.165) is 24.8 Å². The van der Waals surface area contributed by atoms with Crippen molar-refractivity contribution in [3.63, 3.8) is 0 Å². The Balaban J connectivity index is 1.89. The largest absolute Gasteiger partial charge is 0.465 e. The van der Waals surface area contributed by atoms with Gasteiger partial charge in [-0.2, -0.15) is 0 Å². The Morgan fingerprint density at radius 2 is 2.00 bits per heavy atom. The minimum atomic E-state index is -0.503. The number of hydrogen-bond acceptors (Lipinski definition) is 3. The molecular formula is C19H23NO3. The van der Waals surface area contributed by atoms with Crippen molar-refractivity contribution in [1.29, 1.82) is 0 Å². The van der Waals surface area contributed by atoms with Crippen molar-refractivity contribution >= 4 is 17.6 Å². The SMILES string of the molecule is C=C1C(C)(C)[C@@H]2CC[C@@]1(C(=O)Nc1ccccc1C(=O)OC)C2. The minimum absolute atomic E-state index is 0.00252. The quantitative estimate of drug-likeness (QED) is 0.682. The molecule has 0 radical (unpaired) electrons. The summed E-state index contributed by atoms with van der Waals surface area (Å²) in [5.41, 5.74) is 1.39. The van der Waals surface area contributed by atoms with Crippen molar-refractivity contribution in [2.24, 2.45) is 16.7 Å². The van der Waals surface area contributed by atoms with E-state index >= 15 is 0 Å². The van der Waals surface area contributed by atoms with Crippen LogP contribution in [0.5, 0.6) is 0 Å². The minimum Gasteiger partial charge on any atom is -0.465 e. The lowest BCUT2D eigenvalue weighted by molar-refractivity contribution is -0.123. The molecule has 1 aromatic rings. The van der Waals surface area contributed by atoms with Gasteiger partial charge in [-0.05, 0) is 42.7 Å². The topological polar surface area (TPSA) is 55.4 Å². The molecule has 2 aliphatic carbocycles. The number of carbonyl (C=O) groups excluding carboxylic acids is 2. The van der Waals surface area contributed by atoms with Gasteiger partial charge in [-0.15, -0.1) is 0 Å². The Bertz CT molecular complexity index is 692. The first kappa shape index (κ1) is 15.8. The van der Waals surface area contributed by atoms with Crippen LogP contribution in [0.3, 0.4) is 0 Å². The van der Waals surface area contributed by atoms with E-state index in [1.54, 1.807) is 24.3 Å². The molecule has 2 aliphatic rings. The fraction of sp³-hybridized carbons (Fsp3) is 0.474. The number of para-hydroxylation sites is 1. The van der Waals surface area contributed by atoms with E-state index in [0.29, 0.717) is 17.2 Å². The first-order chi connectivity index (χ1) is 10.8. The van der Waals surface area contributed by atoms with E-state index < -0.39 is 11.4 Å². The molecule has 0 aromatic heterocycles. The lowest BCUT2D eigenvalue weighted by Crippen LogP contribution is -2.37. The predicted octanol–water partition coefficient (Wildman–Crippen LogP) is 3.79. The zero-order valence-electron chi connectivity index (χ0n) is 13.9. The number of anilines is 1. The first-order valence-electron chi connectivity index (χ1n) is 8.01. The second kappa shape index (κ2) is 5.22. The molecule has 1 amide bonds. The number of rotatable bonds is 3. The first-order valence-corrected chi connectivity index (χ1v) is 8.01. The number of esters is 1. The Morgan fingerprint density at radius 3 is 2.61 bits per heavy atom. The number of hydrogen-bond donors (Lipinski definition) is 1. The lowest BCUT2D eigenvalue weighted by Gasteiger charge is -2.37. The number of amides is 1. The highest BCUT2D eigenvalue weighted by Crippen LogP contribution is 2.65. The van der Waals surface area contributed by atoms with Gasteiger partial charge in [-0.1, -0.05) is 38.1 Å².